The largest absolute Gasteiger partial charge is 0.339 e. The summed E-state index contributed by atoms with van der Waals surface area (Å²) in [5, 5.41) is 8.24. The van der Waals surface area contributed by atoms with Gasteiger partial charge in [-0.1, -0.05) is 46.6 Å². The molecule has 1 aliphatic heterocycles. The molecule has 1 aliphatic rings. The van der Waals surface area contributed by atoms with Gasteiger partial charge in [0.25, 0.3) is 0 Å². The Kier molecular flexibility index (Phi) is 5.74. The topological polar surface area (TPSA) is 71.3 Å². The molecule has 0 radical (unpaired) electrons. The number of nitrogens with zero attached hydrogens (tertiary/aromatic N) is 3. The third-order valence-corrected chi connectivity index (χ3v) is 5.72. The number of likely N-dealkylation sites (tertiary alicyclic amines) is 1. The summed E-state index contributed by atoms with van der Waals surface area (Å²) in [6.07, 6.45) is 1.53. The van der Waals surface area contributed by atoms with Crippen LogP contribution in [0.3, 0.4) is 0 Å². The lowest BCUT2D eigenvalue weighted by Gasteiger charge is -2.30. The van der Waals surface area contributed by atoms with Gasteiger partial charge in [-0.05, 0) is 49.6 Å². The molecule has 2 amide bonds. The molecule has 3 aromatic rings. The van der Waals surface area contributed by atoms with Crippen LogP contribution < -0.4 is 5.32 Å². The first kappa shape index (κ1) is 19.7. The molecule has 0 saturated carbocycles. The van der Waals surface area contributed by atoms with E-state index in [2.05, 4.69) is 15.5 Å². The van der Waals surface area contributed by atoms with E-state index in [1.54, 1.807) is 23.1 Å². The number of benzene rings is 2. The summed E-state index contributed by atoms with van der Waals surface area (Å²) >= 11 is 12.2. The van der Waals surface area contributed by atoms with Gasteiger partial charge in [0.2, 0.25) is 11.7 Å². The summed E-state index contributed by atoms with van der Waals surface area (Å²) < 4.78 is 5.48. The van der Waals surface area contributed by atoms with Crippen LogP contribution in [0.5, 0.6) is 0 Å². The highest BCUT2D eigenvalue weighted by Gasteiger charge is 2.27. The van der Waals surface area contributed by atoms with E-state index in [4.69, 9.17) is 27.7 Å². The molecule has 0 atom stereocenters. The molecule has 2 heterocycles. The number of carbonyl (C=O) groups excluding carboxylic acids is 1. The Morgan fingerprint density at radius 1 is 1.17 bits per heavy atom. The maximum absolute atomic E-state index is 12.5. The Balaban J connectivity index is 1.35. The molecule has 8 heteroatoms. The number of hydrogen-bond donors (Lipinski definition) is 1. The molecule has 1 saturated heterocycles. The van der Waals surface area contributed by atoms with Crippen LogP contribution in [0.1, 0.15) is 30.2 Å². The van der Waals surface area contributed by atoms with Crippen LogP contribution in [-0.2, 0) is 0 Å². The molecule has 6 nitrogen and oxygen atoms in total. The SMILES string of the molecule is Cc1ccc(NC(=O)N2CCC(c3nc(-c4cccc(Cl)c4)no3)CC2)cc1Cl. The molecule has 0 spiro atoms. The number of hydrogen-bond acceptors (Lipinski definition) is 4. The molecule has 1 N–H and O–H groups in total. The van der Waals surface area contributed by atoms with Crippen molar-refractivity contribution in [1.29, 1.82) is 0 Å². The number of anilines is 1. The number of piperidine rings is 1. The molecule has 4 rings (SSSR count). The zero-order chi connectivity index (χ0) is 20.4. The second-order valence-electron chi connectivity index (χ2n) is 7.12. The monoisotopic (exact) mass is 430 g/mol. The van der Waals surface area contributed by atoms with Crippen LogP contribution in [0.15, 0.2) is 47.0 Å². The van der Waals surface area contributed by atoms with Crippen LogP contribution in [0.2, 0.25) is 10.0 Å². The van der Waals surface area contributed by atoms with Crippen molar-refractivity contribution in [2.75, 3.05) is 18.4 Å². The van der Waals surface area contributed by atoms with Crippen molar-refractivity contribution in [3.05, 3.63) is 64.0 Å². The Bertz CT molecular complexity index is 1030. The van der Waals surface area contributed by atoms with E-state index in [-0.39, 0.29) is 11.9 Å². The predicted octanol–water partition coefficient (Wildman–Crippen LogP) is 5.76. The minimum atomic E-state index is -0.131. The molecule has 0 bridgehead atoms. The van der Waals surface area contributed by atoms with E-state index in [1.165, 1.54) is 0 Å². The van der Waals surface area contributed by atoms with Gasteiger partial charge >= 0.3 is 6.03 Å². The molecule has 0 aliphatic carbocycles. The quantitative estimate of drug-likeness (QED) is 0.572. The summed E-state index contributed by atoms with van der Waals surface area (Å²) in [5.41, 5.74) is 2.49. The van der Waals surface area contributed by atoms with Gasteiger partial charge in [-0.25, -0.2) is 4.79 Å². The lowest BCUT2D eigenvalue weighted by atomic mass is 9.97. The number of halogens is 2. The van der Waals surface area contributed by atoms with Crippen LogP contribution in [0.25, 0.3) is 11.4 Å². The van der Waals surface area contributed by atoms with Crippen molar-refractivity contribution in [2.45, 2.75) is 25.7 Å². The van der Waals surface area contributed by atoms with Gasteiger partial charge in [0.15, 0.2) is 0 Å². The van der Waals surface area contributed by atoms with Gasteiger partial charge in [-0.2, -0.15) is 4.98 Å². The zero-order valence-corrected chi connectivity index (χ0v) is 17.4. The van der Waals surface area contributed by atoms with Crippen molar-refractivity contribution >= 4 is 34.9 Å². The van der Waals surface area contributed by atoms with Crippen LogP contribution in [0, 0.1) is 6.92 Å². The first-order valence-electron chi connectivity index (χ1n) is 9.41. The minimum absolute atomic E-state index is 0.131. The van der Waals surface area contributed by atoms with E-state index in [9.17, 15) is 4.79 Å². The summed E-state index contributed by atoms with van der Waals surface area (Å²) in [6, 6.07) is 12.7. The standard InChI is InChI=1S/C21H20Cl2N4O2/c1-13-5-6-17(12-18(13)23)24-21(28)27-9-7-14(8-10-27)20-25-19(26-29-20)15-3-2-4-16(22)11-15/h2-6,11-12,14H,7-10H2,1H3,(H,24,28). The Morgan fingerprint density at radius 2 is 1.97 bits per heavy atom. The van der Waals surface area contributed by atoms with E-state index < -0.39 is 0 Å². The predicted molar refractivity (Wildman–Crippen MR) is 113 cm³/mol. The van der Waals surface area contributed by atoms with Gasteiger partial charge in [0.1, 0.15) is 0 Å². The lowest BCUT2D eigenvalue weighted by molar-refractivity contribution is 0.187. The summed E-state index contributed by atoms with van der Waals surface area (Å²) in [5.74, 6) is 1.26. The normalized spacial score (nSPS) is 14.8. The second kappa shape index (κ2) is 8.43. The smallest absolute Gasteiger partial charge is 0.321 e. The number of carbonyl (C=O) groups is 1. The second-order valence-corrected chi connectivity index (χ2v) is 7.97. The molecular weight excluding hydrogens is 411 g/mol. The molecule has 29 heavy (non-hydrogen) atoms. The zero-order valence-electron chi connectivity index (χ0n) is 15.9. The lowest BCUT2D eigenvalue weighted by Crippen LogP contribution is -2.40. The Morgan fingerprint density at radius 3 is 2.69 bits per heavy atom. The molecular formula is C21H20Cl2N4O2. The first-order valence-corrected chi connectivity index (χ1v) is 10.2. The molecule has 1 fully saturated rings. The summed E-state index contributed by atoms with van der Waals surface area (Å²) in [7, 11) is 0. The van der Waals surface area contributed by atoms with Gasteiger partial charge < -0.3 is 14.7 Å². The fraction of sp³-hybridized carbons (Fsp3) is 0.286. The molecule has 0 unspecified atom stereocenters. The maximum Gasteiger partial charge on any atom is 0.321 e. The minimum Gasteiger partial charge on any atom is -0.339 e. The molecule has 1 aromatic heterocycles. The number of urea groups is 1. The average Bonchev–Trinajstić information content (AvgIpc) is 3.21. The first-order chi connectivity index (χ1) is 14.0. The molecule has 2 aromatic carbocycles. The van der Waals surface area contributed by atoms with Crippen LogP contribution in [-0.4, -0.2) is 34.2 Å². The van der Waals surface area contributed by atoms with Gasteiger partial charge in [0.05, 0.1) is 0 Å². The highest BCUT2D eigenvalue weighted by Crippen LogP contribution is 2.29. The van der Waals surface area contributed by atoms with Gasteiger partial charge in [-0.15, -0.1) is 0 Å². The highest BCUT2D eigenvalue weighted by molar-refractivity contribution is 6.31. The molecule has 150 valence electrons. The van der Waals surface area contributed by atoms with Crippen molar-refractivity contribution in [1.82, 2.24) is 15.0 Å². The maximum atomic E-state index is 12.5. The van der Waals surface area contributed by atoms with Crippen molar-refractivity contribution < 1.29 is 9.32 Å². The van der Waals surface area contributed by atoms with Gasteiger partial charge in [-0.3, -0.25) is 0 Å². The van der Waals surface area contributed by atoms with E-state index >= 15 is 0 Å². The van der Waals surface area contributed by atoms with Crippen molar-refractivity contribution in [3.63, 3.8) is 0 Å². The number of aryl methyl sites for hydroxylation is 1. The number of aromatic nitrogens is 2. The fourth-order valence-electron chi connectivity index (χ4n) is 3.35. The van der Waals surface area contributed by atoms with E-state index in [0.29, 0.717) is 40.5 Å². The van der Waals surface area contributed by atoms with Crippen LogP contribution in [0.4, 0.5) is 10.5 Å². The summed E-state index contributed by atoms with van der Waals surface area (Å²) in [4.78, 5) is 18.9. The van der Waals surface area contributed by atoms with Gasteiger partial charge in [0, 0.05) is 40.3 Å². The number of nitrogens with one attached hydrogen (secondary N) is 1. The van der Waals surface area contributed by atoms with Crippen LogP contribution >= 0.6 is 23.2 Å². The summed E-state index contributed by atoms with van der Waals surface area (Å²) in [6.45, 7) is 3.16. The fourth-order valence-corrected chi connectivity index (χ4v) is 3.72. The third kappa shape index (κ3) is 4.54. The average molecular weight is 431 g/mol. The van der Waals surface area contributed by atoms with E-state index in [1.807, 2.05) is 31.2 Å². The Hall–Kier alpha value is -2.57. The highest BCUT2D eigenvalue weighted by atomic mass is 35.5. The van der Waals surface area contributed by atoms with E-state index in [0.717, 1.165) is 24.0 Å². The number of amides is 2. The third-order valence-electron chi connectivity index (χ3n) is 5.08. The van der Waals surface area contributed by atoms with Crippen molar-refractivity contribution in [2.24, 2.45) is 0 Å². The number of rotatable bonds is 3. The Labute approximate surface area is 178 Å². The van der Waals surface area contributed by atoms with Crippen molar-refractivity contribution in [3.8, 4) is 11.4 Å².